The number of benzene rings is 1. The molecule has 0 radical (unpaired) electrons. The number of hydrogen-bond acceptors (Lipinski definition) is 6. The number of carbonyl (C=O) groups is 1. The zero-order valence-electron chi connectivity index (χ0n) is 30.7. The van der Waals surface area contributed by atoms with Crippen LogP contribution in [0.3, 0.4) is 0 Å². The Bertz CT molecular complexity index is 1770. The highest BCUT2D eigenvalue weighted by atomic mass is 28.4. The number of anilines is 1. The van der Waals surface area contributed by atoms with Gasteiger partial charge in [0.05, 0.1) is 23.3 Å². The van der Waals surface area contributed by atoms with Gasteiger partial charge < -0.3 is 19.1 Å². The van der Waals surface area contributed by atoms with Gasteiger partial charge in [-0.2, -0.15) is 13.2 Å². The number of alkyl halides is 3. The quantitative estimate of drug-likeness (QED) is 0.176. The van der Waals surface area contributed by atoms with Gasteiger partial charge in [0.2, 0.25) is 5.43 Å². The lowest BCUT2D eigenvalue weighted by Crippen LogP contribution is -2.51. The molecule has 1 aromatic carbocycles. The molecule has 1 aliphatic rings. The van der Waals surface area contributed by atoms with E-state index in [4.69, 9.17) is 13.8 Å². The number of rotatable bonds is 9. The summed E-state index contributed by atoms with van der Waals surface area (Å²) in [6.45, 7) is 23.7. The van der Waals surface area contributed by atoms with E-state index in [1.54, 1.807) is 6.07 Å². The molecule has 1 saturated heterocycles. The first-order chi connectivity index (χ1) is 22.8. The van der Waals surface area contributed by atoms with Crippen molar-refractivity contribution in [3.05, 3.63) is 63.9 Å². The van der Waals surface area contributed by atoms with Crippen LogP contribution in [0.1, 0.15) is 65.2 Å². The van der Waals surface area contributed by atoms with E-state index < -0.39 is 63.8 Å². The van der Waals surface area contributed by atoms with Gasteiger partial charge in [-0.3, -0.25) is 14.2 Å². The maximum atomic E-state index is 15.3. The average Bonchev–Trinajstić information content (AvgIpc) is 3.35. The molecule has 0 saturated carbocycles. The van der Waals surface area contributed by atoms with E-state index in [1.165, 1.54) is 13.0 Å². The molecule has 0 aliphatic carbocycles. The molecule has 8 nitrogen and oxygen atoms in total. The molecule has 0 bridgehead atoms. The van der Waals surface area contributed by atoms with Crippen molar-refractivity contribution in [2.75, 3.05) is 18.0 Å². The Balaban J connectivity index is 1.85. The molecule has 15 heteroatoms. The molecule has 1 fully saturated rings. The molecule has 4 rings (SSSR count). The lowest BCUT2D eigenvalue weighted by Gasteiger charge is -2.42. The second-order valence-corrected chi connectivity index (χ2v) is 25.6. The summed E-state index contributed by atoms with van der Waals surface area (Å²) in [5, 5.41) is 1.60. The van der Waals surface area contributed by atoms with Crippen LogP contribution in [0.4, 0.5) is 27.8 Å². The molecular weight excluding hydrogens is 692 g/mol. The maximum Gasteiger partial charge on any atom is 0.408 e. The van der Waals surface area contributed by atoms with Crippen LogP contribution < -0.4 is 15.6 Å². The number of halogens is 5. The lowest BCUT2D eigenvalue weighted by atomic mass is 10.1. The summed E-state index contributed by atoms with van der Waals surface area (Å²) in [7, 11) is -4.52. The molecule has 276 valence electrons. The van der Waals surface area contributed by atoms with E-state index in [9.17, 15) is 27.2 Å². The van der Waals surface area contributed by atoms with Crippen LogP contribution in [0.5, 0.6) is 0 Å². The van der Waals surface area contributed by atoms with Crippen LogP contribution in [0.15, 0.2) is 41.3 Å². The first kappa shape index (κ1) is 39.6. The van der Waals surface area contributed by atoms with Gasteiger partial charge in [-0.05, 0) is 67.0 Å². The summed E-state index contributed by atoms with van der Waals surface area (Å²) in [5.74, 6) is -2.75. The molecule has 1 aliphatic heterocycles. The van der Waals surface area contributed by atoms with Gasteiger partial charge in [-0.25, -0.2) is 13.8 Å². The SMILES string of the molecule is CCC(NC(=O)c1cn(-c2ccc(F)cc2F)c2nc(N3C[C@@H](O[Si](C)(C)C(C)(C)C)[C@H](O[Si](C)(C)C(C)(C)C)C3)ccc2c1=O)C(F)(F)F. The predicted octanol–water partition coefficient (Wildman–Crippen LogP) is 8.34. The summed E-state index contributed by atoms with van der Waals surface area (Å²) in [6, 6.07) is 3.53. The van der Waals surface area contributed by atoms with Crippen molar-refractivity contribution in [2.45, 2.75) is 116 Å². The number of amides is 1. The highest BCUT2D eigenvalue weighted by Crippen LogP contribution is 2.42. The molecule has 1 amide bonds. The summed E-state index contributed by atoms with van der Waals surface area (Å²) < 4.78 is 84.7. The van der Waals surface area contributed by atoms with E-state index >= 15 is 4.39 Å². The zero-order chi connectivity index (χ0) is 37.8. The van der Waals surface area contributed by atoms with Gasteiger partial charge in [-0.1, -0.05) is 48.5 Å². The molecule has 1 N–H and O–H groups in total. The van der Waals surface area contributed by atoms with Crippen LogP contribution in [-0.2, 0) is 8.85 Å². The highest BCUT2D eigenvalue weighted by Gasteiger charge is 2.48. The summed E-state index contributed by atoms with van der Waals surface area (Å²) >= 11 is 0. The van der Waals surface area contributed by atoms with Crippen molar-refractivity contribution in [1.82, 2.24) is 14.9 Å². The minimum absolute atomic E-state index is 0.0620. The van der Waals surface area contributed by atoms with Gasteiger partial charge in [0, 0.05) is 25.4 Å². The zero-order valence-corrected chi connectivity index (χ0v) is 32.7. The number of fused-ring (bicyclic) bond motifs is 1. The van der Waals surface area contributed by atoms with Crippen molar-refractivity contribution in [3.8, 4) is 5.69 Å². The van der Waals surface area contributed by atoms with Gasteiger partial charge in [0.25, 0.3) is 5.91 Å². The Kier molecular flexibility index (Phi) is 10.9. The number of hydrogen-bond donors (Lipinski definition) is 1. The van der Waals surface area contributed by atoms with Crippen LogP contribution in [0, 0.1) is 11.6 Å². The minimum atomic E-state index is -4.76. The highest BCUT2D eigenvalue weighted by molar-refractivity contribution is 6.74. The molecule has 1 unspecified atom stereocenters. The number of nitrogens with one attached hydrogen (secondary N) is 1. The first-order valence-electron chi connectivity index (χ1n) is 16.8. The third kappa shape index (κ3) is 8.15. The lowest BCUT2D eigenvalue weighted by molar-refractivity contribution is -0.153. The third-order valence-electron chi connectivity index (χ3n) is 10.4. The fraction of sp³-hybridized carbons (Fsp3) is 0.571. The topological polar surface area (TPSA) is 85.7 Å². The molecule has 0 spiro atoms. The largest absolute Gasteiger partial charge is 0.409 e. The van der Waals surface area contributed by atoms with Gasteiger partial charge >= 0.3 is 6.18 Å². The molecule has 2 aromatic heterocycles. The molecule has 3 aromatic rings. The smallest absolute Gasteiger partial charge is 0.408 e. The molecule has 3 atom stereocenters. The van der Waals surface area contributed by atoms with Crippen molar-refractivity contribution >= 4 is 39.4 Å². The number of carbonyl (C=O) groups excluding carboxylic acids is 1. The maximum absolute atomic E-state index is 15.3. The first-order valence-corrected chi connectivity index (χ1v) is 22.6. The Morgan fingerprint density at radius 1 is 0.940 bits per heavy atom. The Morgan fingerprint density at radius 3 is 1.94 bits per heavy atom. The second kappa shape index (κ2) is 13.8. The summed E-state index contributed by atoms with van der Waals surface area (Å²) in [5.41, 5.74) is -1.84. The number of nitrogens with zero attached hydrogens (tertiary/aromatic N) is 3. The molecule has 50 heavy (non-hydrogen) atoms. The van der Waals surface area contributed by atoms with Gasteiger partial charge in [-0.15, -0.1) is 0 Å². The standard InChI is InChI=1S/C35H49F5N4O4Si2/c1-12-28(35(38,39)40)41-32(46)23-18-44(25-15-13-21(36)17-24(25)37)31-22(30(23)45)14-16-29(42-31)43-19-26(47-49(8,9)33(2,3)4)27(20-43)48-50(10,11)34(5,6)7/h13-18,26-28H,12,19-20H2,1-11H3,(H,41,46)/t26-,27-,28?/m1/s1. The van der Waals surface area contributed by atoms with Crippen molar-refractivity contribution in [3.63, 3.8) is 0 Å². The Labute approximate surface area is 292 Å². The van der Waals surface area contributed by atoms with E-state index in [0.29, 0.717) is 25.0 Å². The predicted molar refractivity (Wildman–Crippen MR) is 191 cm³/mol. The van der Waals surface area contributed by atoms with Crippen molar-refractivity contribution in [2.24, 2.45) is 0 Å². The van der Waals surface area contributed by atoms with Gasteiger partial charge in [0.15, 0.2) is 22.3 Å². The Hall–Kier alpha value is -3.15. The minimum Gasteiger partial charge on any atom is -0.409 e. The molecular formula is C35H49F5N4O4Si2. The third-order valence-corrected chi connectivity index (χ3v) is 19.4. The number of aromatic nitrogens is 2. The van der Waals surface area contributed by atoms with Crippen LogP contribution >= 0.6 is 0 Å². The monoisotopic (exact) mass is 740 g/mol. The average molecular weight is 741 g/mol. The fourth-order valence-electron chi connectivity index (χ4n) is 5.31. The normalized spacial score (nSPS) is 18.5. The number of pyridine rings is 2. The van der Waals surface area contributed by atoms with Crippen LogP contribution in [0.2, 0.25) is 36.3 Å². The van der Waals surface area contributed by atoms with Crippen molar-refractivity contribution in [1.29, 1.82) is 0 Å². The molecule has 3 heterocycles. The van der Waals surface area contributed by atoms with Crippen molar-refractivity contribution < 1.29 is 35.6 Å². The van der Waals surface area contributed by atoms with E-state index in [0.717, 1.165) is 22.9 Å². The van der Waals surface area contributed by atoms with Crippen LogP contribution in [0.25, 0.3) is 16.7 Å². The van der Waals surface area contributed by atoms with Crippen LogP contribution in [-0.4, -0.2) is 69.6 Å². The summed E-state index contributed by atoms with van der Waals surface area (Å²) in [4.78, 5) is 33.5. The summed E-state index contributed by atoms with van der Waals surface area (Å²) in [6.07, 6.45) is -4.87. The van der Waals surface area contributed by atoms with E-state index in [2.05, 4.69) is 67.7 Å². The Morgan fingerprint density at radius 2 is 1.48 bits per heavy atom. The van der Waals surface area contributed by atoms with E-state index in [1.807, 2.05) is 10.2 Å². The van der Waals surface area contributed by atoms with E-state index in [-0.39, 0.29) is 39.0 Å². The van der Waals surface area contributed by atoms with Gasteiger partial charge in [0.1, 0.15) is 29.1 Å². The second-order valence-electron chi connectivity index (χ2n) is 16.1. The fourth-order valence-corrected chi connectivity index (χ4v) is 7.98.